The minimum Gasteiger partial charge on any atom is -0.495 e. The predicted octanol–water partition coefficient (Wildman–Crippen LogP) is 3.86. The topological polar surface area (TPSA) is 44.8 Å². The summed E-state index contributed by atoms with van der Waals surface area (Å²) >= 11 is 6.20. The molecule has 1 aliphatic carbocycles. The predicted molar refractivity (Wildman–Crippen MR) is 85.3 cm³/mol. The molecule has 1 saturated carbocycles. The van der Waals surface area contributed by atoms with Gasteiger partial charge in [-0.1, -0.05) is 23.7 Å². The van der Waals surface area contributed by atoms with Gasteiger partial charge in [0.2, 0.25) is 5.76 Å². The van der Waals surface area contributed by atoms with Crippen molar-refractivity contribution in [2.24, 2.45) is 0 Å². The van der Waals surface area contributed by atoms with E-state index in [-0.39, 0.29) is 11.2 Å². The lowest BCUT2D eigenvalue weighted by atomic mass is 9.94. The van der Waals surface area contributed by atoms with Gasteiger partial charge in [-0.05, 0) is 38.8 Å². The quantitative estimate of drug-likeness (QED) is 0.434. The van der Waals surface area contributed by atoms with Crippen molar-refractivity contribution >= 4 is 17.6 Å². The highest BCUT2D eigenvalue weighted by Gasteiger charge is 2.46. The third-order valence-electron chi connectivity index (χ3n) is 3.68. The van der Waals surface area contributed by atoms with Crippen LogP contribution >= 0.6 is 11.6 Å². The highest BCUT2D eigenvalue weighted by molar-refractivity contribution is 6.32. The molecule has 0 unspecified atom stereocenters. The fourth-order valence-electron chi connectivity index (χ4n) is 2.50. The van der Waals surface area contributed by atoms with Crippen LogP contribution in [-0.2, 0) is 19.7 Å². The highest BCUT2D eigenvalue weighted by Crippen LogP contribution is 2.54. The summed E-state index contributed by atoms with van der Waals surface area (Å²) < 4.78 is 16.0. The zero-order valence-electron chi connectivity index (χ0n) is 13.1. The zero-order chi connectivity index (χ0) is 16.2. The van der Waals surface area contributed by atoms with Crippen LogP contribution in [0.15, 0.2) is 30.0 Å². The molecule has 0 saturated heterocycles. The van der Waals surface area contributed by atoms with Crippen molar-refractivity contribution < 1.29 is 19.0 Å². The summed E-state index contributed by atoms with van der Waals surface area (Å²) in [7, 11) is 1.60. The smallest absolute Gasteiger partial charge is 0.373 e. The standard InChI is InChI=1S/C17H21ClO4/c1-4-21-14(16(19)22-5-2)11-17(9-10-17)12-7-6-8-13(18)15(12)20-3/h6-8,11H,4-5,9-10H2,1-3H3. The monoisotopic (exact) mass is 324 g/mol. The normalized spacial score (nSPS) is 16.1. The summed E-state index contributed by atoms with van der Waals surface area (Å²) in [4.78, 5) is 12.0. The van der Waals surface area contributed by atoms with Crippen molar-refractivity contribution in [1.29, 1.82) is 0 Å². The van der Waals surface area contributed by atoms with E-state index in [2.05, 4.69) is 0 Å². The SMILES string of the molecule is CCOC(=O)C(=CC1(c2cccc(Cl)c2OC)CC1)OCC. The number of hydrogen-bond acceptors (Lipinski definition) is 4. The Balaban J connectivity index is 2.39. The van der Waals surface area contributed by atoms with Crippen molar-refractivity contribution in [3.05, 3.63) is 40.6 Å². The maximum atomic E-state index is 12.0. The van der Waals surface area contributed by atoms with Gasteiger partial charge in [0.25, 0.3) is 0 Å². The van der Waals surface area contributed by atoms with Gasteiger partial charge in [0, 0.05) is 11.0 Å². The van der Waals surface area contributed by atoms with Crippen molar-refractivity contribution in [2.45, 2.75) is 32.1 Å². The summed E-state index contributed by atoms with van der Waals surface area (Å²) in [5.74, 6) is 0.470. The molecule has 2 rings (SSSR count). The number of carbonyl (C=O) groups is 1. The summed E-state index contributed by atoms with van der Waals surface area (Å²) in [5.41, 5.74) is 0.706. The number of hydrogen-bond donors (Lipinski definition) is 0. The lowest BCUT2D eigenvalue weighted by Crippen LogP contribution is -2.15. The van der Waals surface area contributed by atoms with Crippen LogP contribution in [0, 0.1) is 0 Å². The van der Waals surface area contributed by atoms with Gasteiger partial charge in [0.15, 0.2) is 0 Å². The number of carbonyl (C=O) groups excluding carboxylic acids is 1. The molecule has 5 heteroatoms. The van der Waals surface area contributed by atoms with Crippen molar-refractivity contribution in [3.63, 3.8) is 0 Å². The Hall–Kier alpha value is -1.68. The fraction of sp³-hybridized carbons (Fsp3) is 0.471. The number of rotatable bonds is 7. The van der Waals surface area contributed by atoms with Gasteiger partial charge >= 0.3 is 5.97 Å². The third-order valence-corrected chi connectivity index (χ3v) is 3.98. The minimum atomic E-state index is -0.434. The van der Waals surface area contributed by atoms with E-state index in [0.717, 1.165) is 18.4 Å². The molecule has 120 valence electrons. The van der Waals surface area contributed by atoms with Gasteiger partial charge in [-0.15, -0.1) is 0 Å². The van der Waals surface area contributed by atoms with Gasteiger partial charge in [0.1, 0.15) is 5.75 Å². The molecule has 4 nitrogen and oxygen atoms in total. The second-order valence-electron chi connectivity index (χ2n) is 5.14. The number of benzene rings is 1. The van der Waals surface area contributed by atoms with Crippen LogP contribution in [0.1, 0.15) is 32.3 Å². The molecule has 0 bridgehead atoms. The Labute approximate surface area is 136 Å². The van der Waals surface area contributed by atoms with Gasteiger partial charge in [-0.3, -0.25) is 0 Å². The largest absolute Gasteiger partial charge is 0.495 e. The first kappa shape index (κ1) is 16.7. The van der Waals surface area contributed by atoms with Crippen LogP contribution in [0.3, 0.4) is 0 Å². The van der Waals surface area contributed by atoms with Crippen LogP contribution < -0.4 is 4.74 Å². The van der Waals surface area contributed by atoms with Crippen molar-refractivity contribution in [1.82, 2.24) is 0 Å². The van der Waals surface area contributed by atoms with Crippen LogP contribution in [0.4, 0.5) is 0 Å². The molecule has 1 aromatic rings. The highest BCUT2D eigenvalue weighted by atomic mass is 35.5. The summed E-state index contributed by atoms with van der Waals surface area (Å²) in [6, 6.07) is 5.65. The summed E-state index contributed by atoms with van der Waals surface area (Å²) in [5, 5.41) is 0.564. The van der Waals surface area contributed by atoms with Crippen molar-refractivity contribution in [2.75, 3.05) is 20.3 Å². The van der Waals surface area contributed by atoms with Gasteiger partial charge in [-0.25, -0.2) is 4.79 Å². The average Bonchev–Trinajstić information content (AvgIpc) is 3.27. The summed E-state index contributed by atoms with van der Waals surface area (Å²) in [6.07, 6.45) is 3.68. The Morgan fingerprint density at radius 1 is 1.27 bits per heavy atom. The first-order valence-corrected chi connectivity index (χ1v) is 7.81. The molecule has 0 spiro atoms. The number of para-hydroxylation sites is 1. The first-order chi connectivity index (χ1) is 10.6. The molecular formula is C17H21ClO4. The molecule has 1 aliphatic rings. The van der Waals surface area contributed by atoms with Crippen LogP contribution in [0.2, 0.25) is 5.02 Å². The van der Waals surface area contributed by atoms with E-state index < -0.39 is 5.97 Å². The molecule has 0 amide bonds. The van der Waals surface area contributed by atoms with Gasteiger partial charge in [0.05, 0.1) is 25.3 Å². The van der Waals surface area contributed by atoms with Crippen LogP contribution in [0.25, 0.3) is 0 Å². The molecule has 1 aromatic carbocycles. The Morgan fingerprint density at radius 3 is 2.50 bits per heavy atom. The summed E-state index contributed by atoms with van der Waals surface area (Å²) in [6.45, 7) is 4.34. The maximum absolute atomic E-state index is 12.0. The van der Waals surface area contributed by atoms with Crippen LogP contribution in [-0.4, -0.2) is 26.3 Å². The van der Waals surface area contributed by atoms with E-state index in [0.29, 0.717) is 24.0 Å². The third kappa shape index (κ3) is 3.38. The molecule has 22 heavy (non-hydrogen) atoms. The first-order valence-electron chi connectivity index (χ1n) is 7.43. The molecule has 0 aromatic heterocycles. The number of ether oxygens (including phenoxy) is 3. The Kier molecular flexibility index (Phi) is 5.35. The fourth-order valence-corrected chi connectivity index (χ4v) is 2.75. The molecule has 0 aliphatic heterocycles. The molecule has 1 fully saturated rings. The Bertz CT molecular complexity index is 576. The molecular weight excluding hydrogens is 304 g/mol. The second-order valence-corrected chi connectivity index (χ2v) is 5.55. The number of halogens is 1. The number of esters is 1. The van der Waals surface area contributed by atoms with E-state index in [1.54, 1.807) is 20.1 Å². The van der Waals surface area contributed by atoms with E-state index in [1.807, 2.05) is 25.1 Å². The molecule has 0 heterocycles. The number of methoxy groups -OCH3 is 1. The lowest BCUT2D eigenvalue weighted by molar-refractivity contribution is -0.142. The van der Waals surface area contributed by atoms with Gasteiger partial charge < -0.3 is 14.2 Å². The van der Waals surface area contributed by atoms with E-state index >= 15 is 0 Å². The lowest BCUT2D eigenvalue weighted by Gasteiger charge is -2.18. The van der Waals surface area contributed by atoms with Crippen molar-refractivity contribution in [3.8, 4) is 5.75 Å². The average molecular weight is 325 g/mol. The molecule has 0 radical (unpaired) electrons. The number of allylic oxidation sites excluding steroid dienone is 1. The Morgan fingerprint density at radius 2 is 1.95 bits per heavy atom. The van der Waals surface area contributed by atoms with E-state index in [4.69, 9.17) is 25.8 Å². The van der Waals surface area contributed by atoms with Gasteiger partial charge in [-0.2, -0.15) is 0 Å². The second kappa shape index (κ2) is 7.05. The molecule has 0 atom stereocenters. The zero-order valence-corrected chi connectivity index (χ0v) is 13.9. The minimum absolute atomic E-state index is 0.254. The van der Waals surface area contributed by atoms with E-state index in [1.165, 1.54) is 0 Å². The molecule has 0 N–H and O–H groups in total. The maximum Gasteiger partial charge on any atom is 0.373 e. The van der Waals surface area contributed by atoms with Crippen LogP contribution in [0.5, 0.6) is 5.75 Å². The van der Waals surface area contributed by atoms with E-state index in [9.17, 15) is 4.79 Å².